The summed E-state index contributed by atoms with van der Waals surface area (Å²) in [6.45, 7) is 1.79. The molecule has 0 bridgehead atoms. The van der Waals surface area contributed by atoms with Gasteiger partial charge >= 0.3 is 11.9 Å². The summed E-state index contributed by atoms with van der Waals surface area (Å²) in [6.07, 6.45) is 3.10. The second-order valence-electron chi connectivity index (χ2n) is 6.62. The quantitative estimate of drug-likeness (QED) is 0.790. The predicted molar refractivity (Wildman–Crippen MR) is 94.3 cm³/mol. The largest absolute Gasteiger partial charge is 0.489 e. The molecule has 27 heavy (non-hydrogen) atoms. The van der Waals surface area contributed by atoms with Crippen molar-refractivity contribution in [2.24, 2.45) is 13.0 Å². The van der Waals surface area contributed by atoms with Gasteiger partial charge in [-0.25, -0.2) is 14.5 Å². The van der Waals surface area contributed by atoms with Gasteiger partial charge < -0.3 is 14.6 Å². The van der Waals surface area contributed by atoms with Crippen molar-refractivity contribution in [3.8, 4) is 17.1 Å². The van der Waals surface area contributed by atoms with Gasteiger partial charge in [-0.1, -0.05) is 5.21 Å². The number of aryl methyl sites for hydroxylation is 2. The topological polar surface area (TPSA) is 116 Å². The highest BCUT2D eigenvalue weighted by atomic mass is 16.5. The van der Waals surface area contributed by atoms with Gasteiger partial charge in [0.05, 0.1) is 30.5 Å². The zero-order valence-electron chi connectivity index (χ0n) is 15.5. The maximum atomic E-state index is 11.8. The van der Waals surface area contributed by atoms with Crippen LogP contribution >= 0.6 is 0 Å². The van der Waals surface area contributed by atoms with Gasteiger partial charge in [0, 0.05) is 7.05 Å². The first-order valence-corrected chi connectivity index (χ1v) is 8.76. The third kappa shape index (κ3) is 3.91. The van der Waals surface area contributed by atoms with E-state index in [1.165, 1.54) is 18.8 Å². The van der Waals surface area contributed by atoms with Crippen molar-refractivity contribution in [2.45, 2.75) is 38.7 Å². The van der Waals surface area contributed by atoms with Crippen LogP contribution in [-0.4, -0.2) is 50.2 Å². The van der Waals surface area contributed by atoms with Crippen LogP contribution in [0.3, 0.4) is 0 Å². The number of carbonyl (C=O) groups excluding carboxylic acids is 1. The lowest BCUT2D eigenvalue weighted by atomic mass is 9.87. The number of aromatic carboxylic acids is 1. The van der Waals surface area contributed by atoms with Crippen molar-refractivity contribution in [3.63, 3.8) is 0 Å². The van der Waals surface area contributed by atoms with E-state index in [0.717, 1.165) is 19.3 Å². The molecule has 0 aliphatic heterocycles. The maximum Gasteiger partial charge on any atom is 0.356 e. The van der Waals surface area contributed by atoms with Crippen LogP contribution in [0.4, 0.5) is 0 Å². The summed E-state index contributed by atoms with van der Waals surface area (Å²) in [5.41, 5.74) is 1.22. The molecule has 3 rings (SSSR count). The molecule has 0 saturated heterocycles. The second-order valence-corrected chi connectivity index (χ2v) is 6.62. The average Bonchev–Trinajstić information content (AvgIpc) is 3.04. The van der Waals surface area contributed by atoms with Gasteiger partial charge in [0.2, 0.25) is 0 Å². The fraction of sp³-hybridized carbons (Fsp3) is 0.500. The molecular formula is C18H22N4O5. The average molecular weight is 374 g/mol. The second kappa shape index (κ2) is 7.73. The number of carbonyl (C=O) groups is 2. The Bertz CT molecular complexity index is 863. The number of methoxy groups -OCH3 is 1. The highest BCUT2D eigenvalue weighted by Gasteiger charge is 2.29. The summed E-state index contributed by atoms with van der Waals surface area (Å²) in [5.74, 6) is -0.847. The van der Waals surface area contributed by atoms with Gasteiger partial charge in [-0.3, -0.25) is 4.79 Å². The Balaban J connectivity index is 1.78. The van der Waals surface area contributed by atoms with Gasteiger partial charge in [-0.05, 0) is 44.7 Å². The maximum absolute atomic E-state index is 11.8. The van der Waals surface area contributed by atoms with E-state index in [-0.39, 0.29) is 29.4 Å². The monoisotopic (exact) mass is 374 g/mol. The van der Waals surface area contributed by atoms with Crippen molar-refractivity contribution in [1.82, 2.24) is 20.0 Å². The lowest BCUT2D eigenvalue weighted by Crippen LogP contribution is -2.30. The van der Waals surface area contributed by atoms with E-state index in [1.807, 2.05) is 0 Å². The van der Waals surface area contributed by atoms with Crippen LogP contribution in [0.2, 0.25) is 0 Å². The highest BCUT2D eigenvalue weighted by molar-refractivity contribution is 5.92. The minimum Gasteiger partial charge on any atom is -0.489 e. The molecule has 144 valence electrons. The van der Waals surface area contributed by atoms with Gasteiger partial charge in [0.25, 0.3) is 0 Å². The first kappa shape index (κ1) is 18.8. The summed E-state index contributed by atoms with van der Waals surface area (Å²) in [7, 11) is 2.92. The van der Waals surface area contributed by atoms with E-state index < -0.39 is 5.97 Å². The molecule has 2 heterocycles. The van der Waals surface area contributed by atoms with Gasteiger partial charge in [0.15, 0.2) is 5.69 Å². The summed E-state index contributed by atoms with van der Waals surface area (Å²) < 4.78 is 12.1. The smallest absolute Gasteiger partial charge is 0.356 e. The van der Waals surface area contributed by atoms with Crippen LogP contribution in [0.25, 0.3) is 11.4 Å². The number of carboxylic acids is 1. The highest BCUT2D eigenvalue weighted by Crippen LogP contribution is 2.30. The SMILES string of the molecule is COC(=O)[C@H]1CCC[C@H](Oc2ccc(-c3nnn(C)c3C(=O)O)nc2C)C1. The Hall–Kier alpha value is -2.97. The van der Waals surface area contributed by atoms with Crippen LogP contribution in [-0.2, 0) is 16.6 Å². The van der Waals surface area contributed by atoms with Crippen molar-refractivity contribution in [2.75, 3.05) is 7.11 Å². The Morgan fingerprint density at radius 2 is 2.07 bits per heavy atom. The van der Waals surface area contributed by atoms with Gasteiger partial charge in [-0.15, -0.1) is 5.10 Å². The van der Waals surface area contributed by atoms with Gasteiger partial charge in [0.1, 0.15) is 11.4 Å². The third-order valence-electron chi connectivity index (χ3n) is 4.76. The molecule has 1 N–H and O–H groups in total. The number of rotatable bonds is 5. The molecule has 1 aliphatic rings. The van der Waals surface area contributed by atoms with E-state index in [9.17, 15) is 14.7 Å². The van der Waals surface area contributed by atoms with E-state index in [2.05, 4.69) is 15.3 Å². The molecule has 9 heteroatoms. The fourth-order valence-corrected chi connectivity index (χ4v) is 3.39. The minimum atomic E-state index is -1.12. The molecule has 0 amide bonds. The number of pyridine rings is 1. The van der Waals surface area contributed by atoms with Crippen molar-refractivity contribution < 1.29 is 24.2 Å². The molecule has 1 saturated carbocycles. The molecule has 0 unspecified atom stereocenters. The van der Waals surface area contributed by atoms with E-state index in [1.54, 1.807) is 19.1 Å². The number of ether oxygens (including phenoxy) is 2. The molecular weight excluding hydrogens is 352 g/mol. The molecule has 2 aromatic rings. The first-order valence-electron chi connectivity index (χ1n) is 8.76. The van der Waals surface area contributed by atoms with Crippen molar-refractivity contribution in [3.05, 3.63) is 23.5 Å². The molecule has 1 aliphatic carbocycles. The van der Waals surface area contributed by atoms with Crippen LogP contribution in [0.1, 0.15) is 41.9 Å². The zero-order chi connectivity index (χ0) is 19.6. The molecule has 0 radical (unpaired) electrons. The van der Waals surface area contributed by atoms with Gasteiger partial charge in [-0.2, -0.15) is 0 Å². The molecule has 2 atom stereocenters. The fourth-order valence-electron chi connectivity index (χ4n) is 3.39. The lowest BCUT2D eigenvalue weighted by molar-refractivity contribution is -0.147. The Morgan fingerprint density at radius 1 is 1.30 bits per heavy atom. The minimum absolute atomic E-state index is 0.0243. The number of hydrogen-bond acceptors (Lipinski definition) is 7. The summed E-state index contributed by atoms with van der Waals surface area (Å²) in [6, 6.07) is 3.42. The van der Waals surface area contributed by atoms with Crippen LogP contribution < -0.4 is 4.74 Å². The summed E-state index contributed by atoms with van der Waals surface area (Å²) in [4.78, 5) is 27.6. The van der Waals surface area contributed by atoms with Crippen molar-refractivity contribution >= 4 is 11.9 Å². The molecule has 1 fully saturated rings. The summed E-state index contributed by atoms with van der Waals surface area (Å²) >= 11 is 0. The molecule has 9 nitrogen and oxygen atoms in total. The zero-order valence-corrected chi connectivity index (χ0v) is 15.5. The number of esters is 1. The van der Waals surface area contributed by atoms with E-state index in [4.69, 9.17) is 9.47 Å². The van der Waals surface area contributed by atoms with Crippen LogP contribution in [0.15, 0.2) is 12.1 Å². The number of aromatic nitrogens is 4. The Labute approximate surface area is 156 Å². The summed E-state index contributed by atoms with van der Waals surface area (Å²) in [5, 5.41) is 17.0. The Morgan fingerprint density at radius 3 is 2.74 bits per heavy atom. The Kier molecular flexibility index (Phi) is 5.38. The van der Waals surface area contributed by atoms with E-state index >= 15 is 0 Å². The first-order chi connectivity index (χ1) is 12.9. The van der Waals surface area contributed by atoms with Crippen molar-refractivity contribution in [1.29, 1.82) is 0 Å². The molecule has 0 spiro atoms. The third-order valence-corrected chi connectivity index (χ3v) is 4.76. The lowest BCUT2D eigenvalue weighted by Gasteiger charge is -2.28. The van der Waals surface area contributed by atoms with Crippen LogP contribution in [0.5, 0.6) is 5.75 Å². The van der Waals surface area contributed by atoms with Crippen LogP contribution in [0, 0.1) is 12.8 Å². The normalized spacial score (nSPS) is 19.5. The number of hydrogen-bond donors (Lipinski definition) is 1. The standard InChI is InChI=1S/C18H22N4O5/c1-10-14(27-12-6-4-5-11(9-12)18(25)26-3)8-7-13(19-10)15-16(17(23)24)22(2)21-20-15/h7-8,11-12H,4-6,9H2,1-3H3,(H,23,24)/t11-,12-/m0/s1. The predicted octanol–water partition coefficient (Wildman–Crippen LogP) is 1.99. The molecule has 0 aromatic carbocycles. The number of nitrogens with zero attached hydrogens (tertiary/aromatic N) is 4. The molecule has 2 aromatic heterocycles. The van der Waals surface area contributed by atoms with E-state index in [0.29, 0.717) is 23.6 Å². The number of carboxylic acid groups (broad SMARTS) is 1.